The third kappa shape index (κ3) is 5.72. The van der Waals surface area contributed by atoms with Gasteiger partial charge in [-0.15, -0.1) is 0 Å². The van der Waals surface area contributed by atoms with Gasteiger partial charge < -0.3 is 14.6 Å². The van der Waals surface area contributed by atoms with Gasteiger partial charge in [0.25, 0.3) is 0 Å². The van der Waals surface area contributed by atoms with Crippen molar-refractivity contribution in [2.75, 3.05) is 13.7 Å². The first-order chi connectivity index (χ1) is 9.54. The van der Waals surface area contributed by atoms with E-state index < -0.39 is 6.10 Å². The Bertz CT molecular complexity index is 395. The second-order valence-electron chi connectivity index (χ2n) is 5.08. The maximum absolute atomic E-state index is 11.4. The zero-order chi connectivity index (χ0) is 15.0. The number of carbonyl (C=O) groups is 1. The third-order valence-electron chi connectivity index (χ3n) is 3.22. The van der Waals surface area contributed by atoms with Gasteiger partial charge in [-0.25, -0.2) is 4.79 Å². The van der Waals surface area contributed by atoms with Gasteiger partial charge in [-0.05, 0) is 25.3 Å². The molecule has 0 spiro atoms. The lowest BCUT2D eigenvalue weighted by atomic mass is 9.96. The normalized spacial score (nSPS) is 29.5. The van der Waals surface area contributed by atoms with Crippen LogP contribution in [0.1, 0.15) is 26.7 Å². The van der Waals surface area contributed by atoms with E-state index in [-0.39, 0.29) is 24.6 Å². The van der Waals surface area contributed by atoms with E-state index in [0.717, 1.165) is 18.4 Å². The van der Waals surface area contributed by atoms with Crippen LogP contribution in [0.25, 0.3) is 0 Å². The van der Waals surface area contributed by atoms with Crippen LogP contribution in [0.2, 0.25) is 0 Å². The van der Waals surface area contributed by atoms with Gasteiger partial charge in [-0.2, -0.15) is 0 Å². The molecule has 0 unspecified atom stereocenters. The summed E-state index contributed by atoms with van der Waals surface area (Å²) in [5, 5.41) is 10.3. The topological polar surface area (TPSA) is 55.8 Å². The Morgan fingerprint density at radius 3 is 2.75 bits per heavy atom. The lowest BCUT2D eigenvalue weighted by molar-refractivity contribution is -0.136. The number of hydrogen-bond donors (Lipinski definition) is 1. The first-order valence-electron chi connectivity index (χ1n) is 6.92. The summed E-state index contributed by atoms with van der Waals surface area (Å²) in [6.07, 6.45) is 9.58. The van der Waals surface area contributed by atoms with Crippen molar-refractivity contribution >= 4 is 5.97 Å². The van der Waals surface area contributed by atoms with E-state index >= 15 is 0 Å². The van der Waals surface area contributed by atoms with E-state index in [9.17, 15) is 9.90 Å². The summed E-state index contributed by atoms with van der Waals surface area (Å²) >= 11 is 0. The number of ether oxygens (including phenoxy) is 2. The molecular weight excluding hydrogens is 256 g/mol. The Morgan fingerprint density at radius 2 is 2.05 bits per heavy atom. The van der Waals surface area contributed by atoms with Crippen LogP contribution in [-0.4, -0.2) is 37.0 Å². The molecule has 4 nitrogen and oxygen atoms in total. The Balaban J connectivity index is 2.86. The number of methoxy groups -OCH3 is 1. The Morgan fingerprint density at radius 1 is 1.35 bits per heavy atom. The van der Waals surface area contributed by atoms with Gasteiger partial charge in [0.15, 0.2) is 0 Å². The number of aliphatic hydroxyl groups is 1. The Kier molecular flexibility index (Phi) is 7.26. The highest BCUT2D eigenvalue weighted by molar-refractivity contribution is 5.81. The highest BCUT2D eigenvalue weighted by Gasteiger charge is 2.21. The monoisotopic (exact) mass is 280 g/mol. The maximum Gasteiger partial charge on any atom is 0.330 e. The molecule has 3 atom stereocenters. The van der Waals surface area contributed by atoms with Crippen molar-refractivity contribution in [2.45, 2.75) is 38.9 Å². The molecular formula is C16H24O4. The fourth-order valence-electron chi connectivity index (χ4n) is 2.06. The molecule has 0 saturated carbocycles. The van der Waals surface area contributed by atoms with Gasteiger partial charge >= 0.3 is 5.97 Å². The summed E-state index contributed by atoms with van der Waals surface area (Å²) in [5.41, 5.74) is 0.911. The Labute approximate surface area is 120 Å². The van der Waals surface area contributed by atoms with Crippen LogP contribution in [-0.2, 0) is 14.3 Å². The molecule has 0 bridgehead atoms. The number of rotatable bonds is 1. The largest absolute Gasteiger partial charge is 0.458 e. The highest BCUT2D eigenvalue weighted by Crippen LogP contribution is 2.15. The van der Waals surface area contributed by atoms with Gasteiger partial charge in [-0.3, -0.25) is 0 Å². The van der Waals surface area contributed by atoms with E-state index in [1.807, 2.05) is 32.1 Å². The summed E-state index contributed by atoms with van der Waals surface area (Å²) in [4.78, 5) is 11.4. The van der Waals surface area contributed by atoms with Crippen LogP contribution >= 0.6 is 0 Å². The lowest BCUT2D eigenvalue weighted by Gasteiger charge is -2.23. The second kappa shape index (κ2) is 8.72. The average molecular weight is 280 g/mol. The molecule has 20 heavy (non-hydrogen) atoms. The smallest absolute Gasteiger partial charge is 0.330 e. The molecule has 0 aromatic heterocycles. The highest BCUT2D eigenvalue weighted by atomic mass is 16.5. The average Bonchev–Trinajstić information content (AvgIpc) is 2.43. The SMILES string of the molecule is CO[C@H]1C=CCCC=CC(=O)OCC(C)=C[C@H](C)[C@H]1O. The molecule has 0 aromatic carbocycles. The van der Waals surface area contributed by atoms with E-state index in [2.05, 4.69) is 0 Å². The quantitative estimate of drug-likeness (QED) is 0.592. The molecule has 1 aliphatic heterocycles. The van der Waals surface area contributed by atoms with Crippen molar-refractivity contribution in [3.8, 4) is 0 Å². The predicted octanol–water partition coefficient (Wildman–Crippen LogP) is 2.39. The zero-order valence-electron chi connectivity index (χ0n) is 12.4. The number of carbonyl (C=O) groups excluding carboxylic acids is 1. The molecule has 1 aliphatic rings. The molecule has 1 heterocycles. The summed E-state index contributed by atoms with van der Waals surface area (Å²) < 4.78 is 10.4. The molecule has 112 valence electrons. The van der Waals surface area contributed by atoms with Crippen LogP contribution in [0.15, 0.2) is 36.0 Å². The van der Waals surface area contributed by atoms with Gasteiger partial charge in [-0.1, -0.05) is 31.2 Å². The number of allylic oxidation sites excluding steroid dienone is 2. The molecule has 1 N–H and O–H groups in total. The minimum atomic E-state index is -0.625. The molecule has 0 fully saturated rings. The van der Waals surface area contributed by atoms with Crippen molar-refractivity contribution in [3.63, 3.8) is 0 Å². The number of hydrogen-bond acceptors (Lipinski definition) is 4. The van der Waals surface area contributed by atoms with E-state index in [1.165, 1.54) is 6.08 Å². The van der Waals surface area contributed by atoms with Gasteiger partial charge in [0.05, 0.1) is 6.10 Å². The van der Waals surface area contributed by atoms with Crippen LogP contribution in [0.4, 0.5) is 0 Å². The number of esters is 1. The van der Waals surface area contributed by atoms with Crippen LogP contribution < -0.4 is 0 Å². The van der Waals surface area contributed by atoms with Crippen LogP contribution in [0.5, 0.6) is 0 Å². The molecule has 0 amide bonds. The second-order valence-corrected chi connectivity index (χ2v) is 5.08. The lowest BCUT2D eigenvalue weighted by Crippen LogP contribution is -2.31. The number of cyclic esters (lactones) is 1. The molecule has 4 heteroatoms. The first kappa shape index (κ1) is 16.7. The third-order valence-corrected chi connectivity index (χ3v) is 3.22. The fourth-order valence-corrected chi connectivity index (χ4v) is 2.06. The summed E-state index contributed by atoms with van der Waals surface area (Å²) in [7, 11) is 1.59. The Hall–Kier alpha value is -1.39. The van der Waals surface area contributed by atoms with Crippen LogP contribution in [0.3, 0.4) is 0 Å². The number of aliphatic hydroxyl groups excluding tert-OH is 1. The van der Waals surface area contributed by atoms with E-state index in [0.29, 0.717) is 0 Å². The van der Waals surface area contributed by atoms with Crippen molar-refractivity contribution in [1.29, 1.82) is 0 Å². The molecule has 1 rings (SSSR count). The van der Waals surface area contributed by atoms with Crippen molar-refractivity contribution in [3.05, 3.63) is 36.0 Å². The van der Waals surface area contributed by atoms with Gasteiger partial charge in [0, 0.05) is 19.1 Å². The fraction of sp³-hybridized carbons (Fsp3) is 0.562. The standard InChI is InChI=1S/C16H24O4/c1-12-10-13(2)16(18)14(19-3)8-6-4-5-7-9-15(17)20-11-12/h6-10,13-14,16,18H,4-5,11H2,1-3H3/t13-,14-,16+/m0/s1. The first-order valence-corrected chi connectivity index (χ1v) is 6.92. The summed E-state index contributed by atoms with van der Waals surface area (Å²) in [6.45, 7) is 4.04. The predicted molar refractivity (Wildman–Crippen MR) is 78.2 cm³/mol. The minimum Gasteiger partial charge on any atom is -0.458 e. The van der Waals surface area contributed by atoms with E-state index in [1.54, 1.807) is 13.2 Å². The van der Waals surface area contributed by atoms with Gasteiger partial charge in [0.2, 0.25) is 0 Å². The summed E-state index contributed by atoms with van der Waals surface area (Å²) in [5.74, 6) is -0.413. The molecule has 0 radical (unpaired) electrons. The van der Waals surface area contributed by atoms with E-state index in [4.69, 9.17) is 9.47 Å². The van der Waals surface area contributed by atoms with Crippen molar-refractivity contribution in [1.82, 2.24) is 0 Å². The molecule has 0 saturated heterocycles. The minimum absolute atomic E-state index is 0.0817. The molecule has 0 aliphatic carbocycles. The summed E-state index contributed by atoms with van der Waals surface area (Å²) in [6, 6.07) is 0. The van der Waals surface area contributed by atoms with Gasteiger partial charge in [0.1, 0.15) is 12.7 Å². The van der Waals surface area contributed by atoms with Crippen molar-refractivity contribution in [2.24, 2.45) is 5.92 Å². The van der Waals surface area contributed by atoms with Crippen LogP contribution in [0, 0.1) is 5.92 Å². The maximum atomic E-state index is 11.4. The zero-order valence-corrected chi connectivity index (χ0v) is 12.4. The molecule has 0 aromatic rings. The van der Waals surface area contributed by atoms with Crippen molar-refractivity contribution < 1.29 is 19.4 Å².